The Labute approximate surface area is 108 Å². The van der Waals surface area contributed by atoms with E-state index in [1.807, 2.05) is 0 Å². The van der Waals surface area contributed by atoms with Gasteiger partial charge in [-0.2, -0.15) is 0 Å². The van der Waals surface area contributed by atoms with E-state index in [1.165, 1.54) is 25.1 Å². The third-order valence-electron chi connectivity index (χ3n) is 2.59. The molecule has 1 atom stereocenters. The van der Waals surface area contributed by atoms with Crippen molar-refractivity contribution in [2.24, 2.45) is 0 Å². The largest absolute Gasteiger partial charge is 0.373 e. The van der Waals surface area contributed by atoms with Crippen LogP contribution >= 0.6 is 0 Å². The van der Waals surface area contributed by atoms with Gasteiger partial charge < -0.3 is 10.6 Å². The van der Waals surface area contributed by atoms with Crippen LogP contribution in [0.1, 0.15) is 13.3 Å². The van der Waals surface area contributed by atoms with E-state index in [2.05, 4.69) is 16.0 Å². The first kappa shape index (κ1) is 13.0. The first-order chi connectivity index (χ1) is 8.95. The molecule has 0 radical (unpaired) electrons. The minimum Gasteiger partial charge on any atom is -0.373 e. The lowest BCUT2D eigenvalue weighted by molar-refractivity contribution is -0.125. The van der Waals surface area contributed by atoms with Gasteiger partial charge in [-0.25, -0.2) is 4.39 Å². The molecule has 0 saturated carbocycles. The fourth-order valence-corrected chi connectivity index (χ4v) is 1.77. The number of hydrogen-bond donors (Lipinski definition) is 3. The van der Waals surface area contributed by atoms with Gasteiger partial charge in [-0.3, -0.25) is 19.7 Å². The molecule has 1 aliphatic rings. The van der Waals surface area contributed by atoms with Gasteiger partial charge in [0.2, 0.25) is 17.7 Å². The van der Waals surface area contributed by atoms with E-state index >= 15 is 0 Å². The number of nitrogens with one attached hydrogen (secondary N) is 3. The third kappa shape index (κ3) is 3.06. The third-order valence-corrected chi connectivity index (χ3v) is 2.59. The summed E-state index contributed by atoms with van der Waals surface area (Å²) in [6.45, 7) is 1.27. The Morgan fingerprint density at radius 1 is 1.42 bits per heavy atom. The SMILES string of the molecule is CC(=O)Nc1cc(NC2CC(=O)NC2=O)ccc1F. The molecule has 0 bridgehead atoms. The molecular weight excluding hydrogens is 253 g/mol. The standard InChI is InChI=1S/C12H12FN3O3/c1-6(17)14-9-4-7(2-3-8(9)13)15-10-5-11(18)16-12(10)19/h2-4,10,15H,5H2,1H3,(H,14,17)(H,16,18,19). The van der Waals surface area contributed by atoms with Gasteiger partial charge in [-0.05, 0) is 18.2 Å². The summed E-state index contributed by atoms with van der Waals surface area (Å²) in [7, 11) is 0. The molecule has 3 amide bonds. The van der Waals surface area contributed by atoms with Crippen LogP contribution in [-0.4, -0.2) is 23.8 Å². The quantitative estimate of drug-likeness (QED) is 0.699. The number of anilines is 2. The molecule has 0 aromatic heterocycles. The molecular formula is C12H12FN3O3. The summed E-state index contributed by atoms with van der Waals surface area (Å²) in [6, 6.07) is 3.29. The van der Waals surface area contributed by atoms with Crippen molar-refractivity contribution < 1.29 is 18.8 Å². The molecule has 2 rings (SSSR count). The van der Waals surface area contributed by atoms with E-state index in [4.69, 9.17) is 0 Å². The van der Waals surface area contributed by atoms with Crippen LogP contribution in [0.4, 0.5) is 15.8 Å². The predicted octanol–water partition coefficient (Wildman–Crippen LogP) is 0.611. The molecule has 19 heavy (non-hydrogen) atoms. The molecule has 7 heteroatoms. The number of carbonyl (C=O) groups is 3. The van der Waals surface area contributed by atoms with E-state index in [9.17, 15) is 18.8 Å². The fourth-order valence-electron chi connectivity index (χ4n) is 1.77. The van der Waals surface area contributed by atoms with E-state index in [0.717, 1.165) is 0 Å². The van der Waals surface area contributed by atoms with Gasteiger partial charge in [0.25, 0.3) is 0 Å². The van der Waals surface area contributed by atoms with Crippen LogP contribution < -0.4 is 16.0 Å². The molecule has 1 aliphatic heterocycles. The smallest absolute Gasteiger partial charge is 0.249 e. The number of amides is 3. The zero-order chi connectivity index (χ0) is 14.0. The molecule has 1 fully saturated rings. The summed E-state index contributed by atoms with van der Waals surface area (Å²) in [5.41, 5.74) is 0.460. The molecule has 1 saturated heterocycles. The second kappa shape index (κ2) is 5.05. The van der Waals surface area contributed by atoms with Crippen molar-refractivity contribution >= 4 is 29.1 Å². The highest BCUT2D eigenvalue weighted by molar-refractivity contribution is 6.06. The number of hydrogen-bond acceptors (Lipinski definition) is 4. The Kier molecular flexibility index (Phi) is 3.46. The maximum atomic E-state index is 13.4. The Morgan fingerprint density at radius 3 is 2.74 bits per heavy atom. The average molecular weight is 265 g/mol. The zero-order valence-electron chi connectivity index (χ0n) is 10.1. The highest BCUT2D eigenvalue weighted by atomic mass is 19.1. The van der Waals surface area contributed by atoms with E-state index < -0.39 is 23.7 Å². The van der Waals surface area contributed by atoms with Crippen LogP contribution in [0.25, 0.3) is 0 Å². The molecule has 1 aromatic rings. The normalized spacial score (nSPS) is 18.1. The summed E-state index contributed by atoms with van der Waals surface area (Å²) < 4.78 is 13.4. The molecule has 0 spiro atoms. The zero-order valence-corrected chi connectivity index (χ0v) is 10.1. The van der Waals surface area contributed by atoms with Gasteiger partial charge in [0.15, 0.2) is 0 Å². The van der Waals surface area contributed by atoms with Crippen molar-refractivity contribution in [3.8, 4) is 0 Å². The second-order valence-corrected chi connectivity index (χ2v) is 4.19. The van der Waals surface area contributed by atoms with E-state index in [-0.39, 0.29) is 18.0 Å². The number of rotatable bonds is 3. The van der Waals surface area contributed by atoms with Crippen LogP contribution in [0, 0.1) is 5.82 Å². The van der Waals surface area contributed by atoms with Gasteiger partial charge in [0.05, 0.1) is 12.1 Å². The molecule has 6 nitrogen and oxygen atoms in total. The topological polar surface area (TPSA) is 87.3 Å². The van der Waals surface area contributed by atoms with Gasteiger partial charge in [0, 0.05) is 12.6 Å². The average Bonchev–Trinajstić information content (AvgIpc) is 2.61. The maximum Gasteiger partial charge on any atom is 0.249 e. The van der Waals surface area contributed by atoms with E-state index in [1.54, 1.807) is 0 Å². The predicted molar refractivity (Wildman–Crippen MR) is 65.9 cm³/mol. The number of carbonyl (C=O) groups excluding carboxylic acids is 3. The van der Waals surface area contributed by atoms with Gasteiger partial charge in [-0.1, -0.05) is 0 Å². The number of halogens is 1. The minimum atomic E-state index is -0.678. The molecule has 1 aromatic carbocycles. The van der Waals surface area contributed by atoms with Crippen LogP contribution in [0.3, 0.4) is 0 Å². The Bertz CT molecular complexity index is 559. The van der Waals surface area contributed by atoms with Gasteiger partial charge in [0.1, 0.15) is 11.9 Å². The molecule has 3 N–H and O–H groups in total. The number of imide groups is 1. The summed E-state index contributed by atoms with van der Waals surface area (Å²) in [6.07, 6.45) is 0.0334. The first-order valence-electron chi connectivity index (χ1n) is 5.63. The Hall–Kier alpha value is -2.44. The second-order valence-electron chi connectivity index (χ2n) is 4.19. The van der Waals surface area contributed by atoms with Crippen LogP contribution in [0.15, 0.2) is 18.2 Å². The van der Waals surface area contributed by atoms with Crippen molar-refractivity contribution in [2.75, 3.05) is 10.6 Å². The summed E-state index contributed by atoms with van der Waals surface area (Å²) in [4.78, 5) is 33.3. The van der Waals surface area contributed by atoms with Crippen LogP contribution in [0.5, 0.6) is 0 Å². The van der Waals surface area contributed by atoms with Gasteiger partial charge in [-0.15, -0.1) is 0 Å². The molecule has 1 unspecified atom stereocenters. The molecule has 1 heterocycles. The van der Waals surface area contributed by atoms with E-state index in [0.29, 0.717) is 5.69 Å². The summed E-state index contributed by atoms with van der Waals surface area (Å²) in [5.74, 6) is -1.75. The minimum absolute atomic E-state index is 0.0160. The lowest BCUT2D eigenvalue weighted by Gasteiger charge is -2.12. The fraction of sp³-hybridized carbons (Fsp3) is 0.250. The van der Waals surface area contributed by atoms with Crippen LogP contribution in [-0.2, 0) is 14.4 Å². The Morgan fingerprint density at radius 2 is 2.16 bits per heavy atom. The lowest BCUT2D eigenvalue weighted by Crippen LogP contribution is -2.30. The molecule has 100 valence electrons. The highest BCUT2D eigenvalue weighted by Crippen LogP contribution is 2.21. The lowest BCUT2D eigenvalue weighted by atomic mass is 10.2. The first-order valence-corrected chi connectivity index (χ1v) is 5.63. The Balaban J connectivity index is 2.15. The van der Waals surface area contributed by atoms with Crippen molar-refractivity contribution in [3.05, 3.63) is 24.0 Å². The summed E-state index contributed by atoms with van der Waals surface area (Å²) >= 11 is 0. The van der Waals surface area contributed by atoms with Gasteiger partial charge >= 0.3 is 0 Å². The van der Waals surface area contributed by atoms with Crippen LogP contribution in [0.2, 0.25) is 0 Å². The maximum absolute atomic E-state index is 13.4. The van der Waals surface area contributed by atoms with Crippen molar-refractivity contribution in [1.29, 1.82) is 0 Å². The number of benzene rings is 1. The highest BCUT2D eigenvalue weighted by Gasteiger charge is 2.30. The van der Waals surface area contributed by atoms with Crippen molar-refractivity contribution in [3.63, 3.8) is 0 Å². The molecule has 0 aliphatic carbocycles. The summed E-state index contributed by atoms with van der Waals surface area (Å²) in [5, 5.41) is 7.31. The van der Waals surface area contributed by atoms with Crippen molar-refractivity contribution in [1.82, 2.24) is 5.32 Å². The van der Waals surface area contributed by atoms with Crippen molar-refractivity contribution in [2.45, 2.75) is 19.4 Å². The monoisotopic (exact) mass is 265 g/mol.